The van der Waals surface area contributed by atoms with Crippen LogP contribution in [0.15, 0.2) is 18.2 Å². The van der Waals surface area contributed by atoms with E-state index in [0.29, 0.717) is 5.75 Å². The fourth-order valence-corrected chi connectivity index (χ4v) is 2.13. The molecule has 0 spiro atoms. The van der Waals surface area contributed by atoms with E-state index in [2.05, 4.69) is 0 Å². The highest BCUT2D eigenvalue weighted by Gasteiger charge is 2.20. The van der Waals surface area contributed by atoms with Crippen molar-refractivity contribution >= 4 is 5.78 Å². The Morgan fingerprint density at radius 2 is 2.06 bits per heavy atom. The second kappa shape index (κ2) is 4.64. The van der Waals surface area contributed by atoms with Gasteiger partial charge in [0.25, 0.3) is 0 Å². The summed E-state index contributed by atoms with van der Waals surface area (Å²) in [7, 11) is 0. The summed E-state index contributed by atoms with van der Waals surface area (Å²) in [6.45, 7) is 1.36. The maximum Gasteiger partial charge on any atom is 0.166 e. The van der Waals surface area contributed by atoms with Gasteiger partial charge in [-0.15, -0.1) is 0 Å². The number of Topliss-reactive ketones (excluding diaryl/α,β-unsaturated/α-hetero) is 1. The summed E-state index contributed by atoms with van der Waals surface area (Å²) in [5.41, 5.74) is 0.0781. The number of carbonyl (C=O) groups excluding carboxylic acids is 1. The molecule has 2 nitrogen and oxygen atoms in total. The maximum atomic E-state index is 13.5. The van der Waals surface area contributed by atoms with Crippen molar-refractivity contribution in [2.24, 2.45) is 0 Å². The van der Waals surface area contributed by atoms with Crippen molar-refractivity contribution < 1.29 is 13.9 Å². The van der Waals surface area contributed by atoms with E-state index in [1.807, 2.05) is 0 Å². The van der Waals surface area contributed by atoms with Crippen LogP contribution in [0.1, 0.15) is 43.0 Å². The van der Waals surface area contributed by atoms with Gasteiger partial charge in [-0.05, 0) is 44.7 Å². The molecular weight excluding hydrogens is 207 g/mol. The number of benzene rings is 1. The minimum atomic E-state index is -0.497. The van der Waals surface area contributed by atoms with Gasteiger partial charge in [-0.25, -0.2) is 4.39 Å². The smallest absolute Gasteiger partial charge is 0.166 e. The molecule has 1 fully saturated rings. The van der Waals surface area contributed by atoms with E-state index in [0.717, 1.165) is 25.7 Å². The molecule has 0 amide bonds. The third kappa shape index (κ3) is 2.23. The average Bonchev–Trinajstić information content (AvgIpc) is 2.70. The molecule has 2 rings (SSSR count). The molecule has 86 valence electrons. The molecule has 0 saturated heterocycles. The summed E-state index contributed by atoms with van der Waals surface area (Å²) in [6, 6.07) is 4.53. The lowest BCUT2D eigenvalue weighted by atomic mass is 10.1. The normalized spacial score (nSPS) is 16.4. The Hall–Kier alpha value is -1.38. The molecule has 0 unspecified atom stereocenters. The molecule has 0 bridgehead atoms. The molecule has 0 N–H and O–H groups in total. The monoisotopic (exact) mass is 222 g/mol. The maximum absolute atomic E-state index is 13.5. The molecule has 3 heteroatoms. The molecule has 0 heterocycles. The number of carbonyl (C=O) groups is 1. The molecule has 0 aromatic heterocycles. The van der Waals surface area contributed by atoms with E-state index in [1.165, 1.54) is 13.0 Å². The minimum absolute atomic E-state index is 0.0781. The summed E-state index contributed by atoms with van der Waals surface area (Å²) in [4.78, 5) is 11.3. The number of hydrogen-bond acceptors (Lipinski definition) is 2. The third-order valence-corrected chi connectivity index (χ3v) is 2.92. The molecular formula is C13H15FO2. The van der Waals surface area contributed by atoms with Gasteiger partial charge in [0.2, 0.25) is 0 Å². The average molecular weight is 222 g/mol. The summed E-state index contributed by atoms with van der Waals surface area (Å²) < 4.78 is 19.2. The van der Waals surface area contributed by atoms with Gasteiger partial charge in [-0.2, -0.15) is 0 Å². The van der Waals surface area contributed by atoms with E-state index in [1.54, 1.807) is 12.1 Å². The Bertz CT molecular complexity index is 395. The molecule has 1 aromatic carbocycles. The zero-order chi connectivity index (χ0) is 11.5. The highest BCUT2D eigenvalue weighted by molar-refractivity contribution is 5.97. The molecule has 1 aliphatic rings. The lowest BCUT2D eigenvalue weighted by Gasteiger charge is -2.15. The summed E-state index contributed by atoms with van der Waals surface area (Å²) in [5, 5.41) is 0. The third-order valence-electron chi connectivity index (χ3n) is 2.92. The lowest BCUT2D eigenvalue weighted by molar-refractivity contribution is 0.100. The summed E-state index contributed by atoms with van der Waals surface area (Å²) >= 11 is 0. The number of ketones is 1. The molecule has 1 aromatic rings. The van der Waals surface area contributed by atoms with Crippen LogP contribution in [0.5, 0.6) is 5.75 Å². The fraction of sp³-hybridized carbons (Fsp3) is 0.462. The quantitative estimate of drug-likeness (QED) is 0.733. The van der Waals surface area contributed by atoms with Gasteiger partial charge in [0, 0.05) is 0 Å². The minimum Gasteiger partial charge on any atom is -0.490 e. The van der Waals surface area contributed by atoms with E-state index in [4.69, 9.17) is 4.74 Å². The topological polar surface area (TPSA) is 26.3 Å². The lowest BCUT2D eigenvalue weighted by Crippen LogP contribution is -2.13. The van der Waals surface area contributed by atoms with Crippen LogP contribution in [0.3, 0.4) is 0 Å². The Kier molecular flexibility index (Phi) is 3.22. The summed E-state index contributed by atoms with van der Waals surface area (Å²) in [5.74, 6) is -0.395. The Morgan fingerprint density at radius 1 is 1.38 bits per heavy atom. The number of hydrogen-bond donors (Lipinski definition) is 0. The predicted octanol–water partition coefficient (Wildman–Crippen LogP) is 3.35. The van der Waals surface area contributed by atoms with Crippen LogP contribution < -0.4 is 4.74 Å². The molecule has 0 radical (unpaired) electrons. The highest BCUT2D eigenvalue weighted by Crippen LogP contribution is 2.28. The first-order valence-corrected chi connectivity index (χ1v) is 5.64. The number of rotatable bonds is 3. The van der Waals surface area contributed by atoms with Crippen molar-refractivity contribution in [1.82, 2.24) is 0 Å². The van der Waals surface area contributed by atoms with E-state index in [9.17, 15) is 9.18 Å². The van der Waals surface area contributed by atoms with Gasteiger partial charge in [0.15, 0.2) is 5.78 Å². The standard InChI is InChI=1S/C13H15FO2/c1-9(15)13-11(14)7-4-8-12(13)16-10-5-2-3-6-10/h4,7-8,10H,2-3,5-6H2,1H3. The van der Waals surface area contributed by atoms with Crippen molar-refractivity contribution in [3.63, 3.8) is 0 Å². The van der Waals surface area contributed by atoms with E-state index in [-0.39, 0.29) is 17.5 Å². The Labute approximate surface area is 94.4 Å². The first-order valence-electron chi connectivity index (χ1n) is 5.64. The van der Waals surface area contributed by atoms with Gasteiger partial charge in [0.05, 0.1) is 11.7 Å². The largest absolute Gasteiger partial charge is 0.490 e. The van der Waals surface area contributed by atoms with Gasteiger partial charge in [0.1, 0.15) is 11.6 Å². The fourth-order valence-electron chi connectivity index (χ4n) is 2.13. The van der Waals surface area contributed by atoms with Crippen LogP contribution in [0.4, 0.5) is 4.39 Å². The van der Waals surface area contributed by atoms with Gasteiger partial charge >= 0.3 is 0 Å². The summed E-state index contributed by atoms with van der Waals surface area (Å²) in [6.07, 6.45) is 4.42. The molecule has 1 saturated carbocycles. The van der Waals surface area contributed by atoms with Crippen molar-refractivity contribution in [2.45, 2.75) is 38.7 Å². The Morgan fingerprint density at radius 3 is 2.69 bits per heavy atom. The van der Waals surface area contributed by atoms with Crippen molar-refractivity contribution in [1.29, 1.82) is 0 Å². The van der Waals surface area contributed by atoms with Gasteiger partial charge < -0.3 is 4.74 Å². The number of ether oxygens (including phenoxy) is 1. The van der Waals surface area contributed by atoms with Crippen molar-refractivity contribution in [2.75, 3.05) is 0 Å². The molecule has 0 atom stereocenters. The van der Waals surface area contributed by atoms with Crippen LogP contribution in [0.2, 0.25) is 0 Å². The molecule has 0 aliphatic heterocycles. The molecule has 1 aliphatic carbocycles. The van der Waals surface area contributed by atoms with E-state index >= 15 is 0 Å². The van der Waals surface area contributed by atoms with Crippen LogP contribution in [-0.4, -0.2) is 11.9 Å². The predicted molar refractivity (Wildman–Crippen MR) is 59.3 cm³/mol. The van der Waals surface area contributed by atoms with Crippen LogP contribution in [0, 0.1) is 5.82 Å². The zero-order valence-corrected chi connectivity index (χ0v) is 9.33. The highest BCUT2D eigenvalue weighted by atomic mass is 19.1. The van der Waals surface area contributed by atoms with Gasteiger partial charge in [-0.3, -0.25) is 4.79 Å². The Balaban J connectivity index is 2.25. The van der Waals surface area contributed by atoms with Crippen LogP contribution in [-0.2, 0) is 0 Å². The van der Waals surface area contributed by atoms with E-state index < -0.39 is 5.82 Å². The number of halogens is 1. The van der Waals surface area contributed by atoms with Crippen molar-refractivity contribution in [3.05, 3.63) is 29.6 Å². The SMILES string of the molecule is CC(=O)c1c(F)cccc1OC1CCCC1. The first kappa shape index (κ1) is 11.1. The zero-order valence-electron chi connectivity index (χ0n) is 9.33. The second-order valence-corrected chi connectivity index (χ2v) is 4.19. The van der Waals surface area contributed by atoms with Crippen LogP contribution in [0.25, 0.3) is 0 Å². The van der Waals surface area contributed by atoms with Crippen LogP contribution >= 0.6 is 0 Å². The first-order chi connectivity index (χ1) is 7.68. The second-order valence-electron chi connectivity index (χ2n) is 4.19. The van der Waals surface area contributed by atoms with Crippen molar-refractivity contribution in [3.8, 4) is 5.75 Å². The van der Waals surface area contributed by atoms with Gasteiger partial charge in [-0.1, -0.05) is 6.07 Å². The molecule has 16 heavy (non-hydrogen) atoms.